The molecule has 1 aliphatic heterocycles. The number of hydrogen-bond acceptors (Lipinski definition) is 4. The monoisotopic (exact) mass is 321 g/mol. The van der Waals surface area contributed by atoms with Crippen LogP contribution in [0, 0.1) is 5.41 Å². The minimum Gasteiger partial charge on any atom is -0.493 e. The van der Waals surface area contributed by atoms with Gasteiger partial charge in [0.15, 0.2) is 11.5 Å². The highest BCUT2D eigenvalue weighted by Crippen LogP contribution is 2.36. The van der Waals surface area contributed by atoms with E-state index < -0.39 is 17.4 Å². The van der Waals surface area contributed by atoms with Gasteiger partial charge in [-0.2, -0.15) is 0 Å². The second-order valence-electron chi connectivity index (χ2n) is 6.72. The van der Waals surface area contributed by atoms with Crippen molar-refractivity contribution >= 4 is 11.9 Å². The van der Waals surface area contributed by atoms with E-state index in [1.54, 1.807) is 33.9 Å². The Kier molecular flexibility index (Phi) is 4.54. The quantitative estimate of drug-likeness (QED) is 0.922. The fourth-order valence-corrected chi connectivity index (χ4v) is 2.78. The smallest absolute Gasteiger partial charge is 0.326 e. The number of aliphatic carboxylic acids is 1. The average molecular weight is 321 g/mol. The van der Waals surface area contributed by atoms with Gasteiger partial charge in [0.05, 0.1) is 14.2 Å². The molecule has 0 spiro atoms. The van der Waals surface area contributed by atoms with Gasteiger partial charge in [-0.3, -0.25) is 4.79 Å². The first-order valence-corrected chi connectivity index (χ1v) is 7.46. The second kappa shape index (κ2) is 6.10. The third-order valence-electron chi connectivity index (χ3n) is 4.02. The SMILES string of the molecule is COc1cc2c(cc1OC)CN(C(=O)C(C)(C)C)C(C(=O)O)C2. The Labute approximate surface area is 136 Å². The zero-order valence-electron chi connectivity index (χ0n) is 14.2. The molecule has 0 radical (unpaired) electrons. The number of carboxylic acid groups (broad SMARTS) is 1. The summed E-state index contributed by atoms with van der Waals surface area (Å²) in [4.78, 5) is 25.7. The molecule has 0 aliphatic carbocycles. The molecule has 1 amide bonds. The predicted molar refractivity (Wildman–Crippen MR) is 84.7 cm³/mol. The molecular formula is C17H23NO5. The molecule has 0 saturated heterocycles. The summed E-state index contributed by atoms with van der Waals surface area (Å²) < 4.78 is 10.6. The van der Waals surface area contributed by atoms with Crippen molar-refractivity contribution in [2.24, 2.45) is 5.41 Å². The molecule has 0 fully saturated rings. The largest absolute Gasteiger partial charge is 0.493 e. The number of carbonyl (C=O) groups excluding carboxylic acids is 1. The van der Waals surface area contributed by atoms with Gasteiger partial charge in [-0.05, 0) is 23.3 Å². The van der Waals surface area contributed by atoms with Crippen molar-refractivity contribution in [3.63, 3.8) is 0 Å². The Bertz CT molecular complexity index is 633. The van der Waals surface area contributed by atoms with Crippen LogP contribution in [0.3, 0.4) is 0 Å². The van der Waals surface area contributed by atoms with Gasteiger partial charge in [-0.15, -0.1) is 0 Å². The van der Waals surface area contributed by atoms with Crippen molar-refractivity contribution in [2.75, 3.05) is 14.2 Å². The summed E-state index contributed by atoms with van der Waals surface area (Å²) in [7, 11) is 3.09. The Balaban J connectivity index is 2.47. The topological polar surface area (TPSA) is 76.1 Å². The fraction of sp³-hybridized carbons (Fsp3) is 0.529. The molecule has 1 aromatic rings. The molecule has 23 heavy (non-hydrogen) atoms. The lowest BCUT2D eigenvalue weighted by atomic mass is 9.88. The summed E-state index contributed by atoms with van der Waals surface area (Å²) in [6.07, 6.45) is 0.257. The van der Waals surface area contributed by atoms with Crippen LogP contribution in [0.4, 0.5) is 0 Å². The van der Waals surface area contributed by atoms with Gasteiger partial charge < -0.3 is 19.5 Å². The highest BCUT2D eigenvalue weighted by molar-refractivity contribution is 5.87. The number of hydrogen-bond donors (Lipinski definition) is 1. The summed E-state index contributed by atoms with van der Waals surface area (Å²) >= 11 is 0. The lowest BCUT2D eigenvalue weighted by Crippen LogP contribution is -2.52. The summed E-state index contributed by atoms with van der Waals surface area (Å²) in [5, 5.41) is 9.53. The molecule has 0 saturated carbocycles. The minimum atomic E-state index is -0.997. The van der Waals surface area contributed by atoms with Gasteiger partial charge in [-0.25, -0.2) is 4.79 Å². The van der Waals surface area contributed by atoms with E-state index in [0.29, 0.717) is 11.5 Å². The van der Waals surface area contributed by atoms with Crippen LogP contribution >= 0.6 is 0 Å². The van der Waals surface area contributed by atoms with Crippen molar-refractivity contribution in [2.45, 2.75) is 39.8 Å². The van der Waals surface area contributed by atoms with Crippen LogP contribution in [0.1, 0.15) is 31.9 Å². The molecule has 6 heteroatoms. The molecule has 0 aromatic heterocycles. The molecule has 1 unspecified atom stereocenters. The van der Waals surface area contributed by atoms with Crippen molar-refractivity contribution in [1.82, 2.24) is 4.90 Å². The molecule has 126 valence electrons. The van der Waals surface area contributed by atoms with Gasteiger partial charge >= 0.3 is 5.97 Å². The number of amides is 1. The third kappa shape index (κ3) is 3.25. The Morgan fingerprint density at radius 1 is 1.13 bits per heavy atom. The average Bonchev–Trinajstić information content (AvgIpc) is 2.50. The fourth-order valence-electron chi connectivity index (χ4n) is 2.78. The first kappa shape index (κ1) is 17.1. The number of carboxylic acids is 1. The molecule has 1 atom stereocenters. The van der Waals surface area contributed by atoms with Crippen molar-refractivity contribution < 1.29 is 24.2 Å². The van der Waals surface area contributed by atoms with Crippen molar-refractivity contribution in [1.29, 1.82) is 0 Å². The van der Waals surface area contributed by atoms with Crippen LogP contribution < -0.4 is 9.47 Å². The normalized spacial score (nSPS) is 17.4. The van der Waals surface area contributed by atoms with Crippen molar-refractivity contribution in [3.05, 3.63) is 23.3 Å². The van der Waals surface area contributed by atoms with Gasteiger partial charge in [0.2, 0.25) is 5.91 Å². The van der Waals surface area contributed by atoms with E-state index in [-0.39, 0.29) is 18.9 Å². The van der Waals surface area contributed by atoms with Crippen LogP contribution in [0.15, 0.2) is 12.1 Å². The number of methoxy groups -OCH3 is 2. The number of nitrogens with zero attached hydrogens (tertiary/aromatic N) is 1. The molecular weight excluding hydrogens is 298 g/mol. The zero-order chi connectivity index (χ0) is 17.4. The highest BCUT2D eigenvalue weighted by Gasteiger charge is 2.39. The van der Waals surface area contributed by atoms with E-state index in [0.717, 1.165) is 11.1 Å². The Morgan fingerprint density at radius 2 is 1.65 bits per heavy atom. The zero-order valence-corrected chi connectivity index (χ0v) is 14.2. The number of carbonyl (C=O) groups is 2. The number of fused-ring (bicyclic) bond motifs is 1. The van der Waals surface area contributed by atoms with E-state index >= 15 is 0 Å². The lowest BCUT2D eigenvalue weighted by Gasteiger charge is -2.38. The van der Waals surface area contributed by atoms with Gasteiger partial charge in [0.25, 0.3) is 0 Å². The Hall–Kier alpha value is -2.24. The Morgan fingerprint density at radius 3 is 2.09 bits per heavy atom. The maximum absolute atomic E-state index is 12.6. The van der Waals surface area contributed by atoms with Crippen LogP contribution in [-0.4, -0.2) is 42.1 Å². The first-order valence-electron chi connectivity index (χ1n) is 7.46. The summed E-state index contributed by atoms with van der Waals surface area (Å²) in [6.45, 7) is 5.62. The van der Waals surface area contributed by atoms with E-state index in [9.17, 15) is 14.7 Å². The van der Waals surface area contributed by atoms with E-state index in [1.165, 1.54) is 12.0 Å². The molecule has 0 bridgehead atoms. The third-order valence-corrected chi connectivity index (χ3v) is 4.02. The summed E-state index contributed by atoms with van der Waals surface area (Å²) in [6, 6.07) is 2.74. The van der Waals surface area contributed by atoms with Crippen LogP contribution in [0.2, 0.25) is 0 Å². The minimum absolute atomic E-state index is 0.176. The highest BCUT2D eigenvalue weighted by atomic mass is 16.5. The molecule has 6 nitrogen and oxygen atoms in total. The number of rotatable bonds is 3. The lowest BCUT2D eigenvalue weighted by molar-refractivity contribution is -0.155. The van der Waals surface area contributed by atoms with Gasteiger partial charge in [0.1, 0.15) is 6.04 Å². The standard InChI is InChI=1S/C17H23NO5/c1-17(2,3)16(21)18-9-11-8-14(23-5)13(22-4)7-10(11)6-12(18)15(19)20/h7-8,12H,6,9H2,1-5H3,(H,19,20). The second-order valence-corrected chi connectivity index (χ2v) is 6.72. The van der Waals surface area contributed by atoms with Gasteiger partial charge in [0, 0.05) is 18.4 Å². The molecule has 2 rings (SSSR count). The summed E-state index contributed by atoms with van der Waals surface area (Å²) in [5.41, 5.74) is 1.12. The van der Waals surface area contributed by atoms with Gasteiger partial charge in [-0.1, -0.05) is 20.8 Å². The van der Waals surface area contributed by atoms with Crippen LogP contribution in [0.5, 0.6) is 11.5 Å². The molecule has 1 aliphatic rings. The maximum Gasteiger partial charge on any atom is 0.326 e. The molecule has 1 N–H and O–H groups in total. The molecule has 1 aromatic carbocycles. The number of ether oxygens (including phenoxy) is 2. The maximum atomic E-state index is 12.6. The predicted octanol–water partition coefficient (Wildman–Crippen LogP) is 2.09. The van der Waals surface area contributed by atoms with E-state index in [4.69, 9.17) is 9.47 Å². The van der Waals surface area contributed by atoms with Crippen LogP contribution in [-0.2, 0) is 22.6 Å². The van der Waals surface area contributed by atoms with E-state index in [2.05, 4.69) is 0 Å². The van der Waals surface area contributed by atoms with Crippen molar-refractivity contribution in [3.8, 4) is 11.5 Å². The van der Waals surface area contributed by atoms with Crippen LogP contribution in [0.25, 0.3) is 0 Å². The number of benzene rings is 1. The molecule has 1 heterocycles. The first-order chi connectivity index (χ1) is 10.7. The van der Waals surface area contributed by atoms with E-state index in [1.807, 2.05) is 6.07 Å². The summed E-state index contributed by atoms with van der Waals surface area (Å²) in [5.74, 6) is -0.0393.